The molecule has 0 aliphatic heterocycles. The quantitative estimate of drug-likeness (QED) is 0.626. The Bertz CT molecular complexity index is 911. The predicted molar refractivity (Wildman–Crippen MR) is 107 cm³/mol. The van der Waals surface area contributed by atoms with Crippen LogP contribution < -0.4 is 14.8 Å². The number of nitrogens with one attached hydrogen (secondary N) is 1. The summed E-state index contributed by atoms with van der Waals surface area (Å²) < 4.78 is 11.8. The molecule has 0 bridgehead atoms. The van der Waals surface area contributed by atoms with E-state index in [1.165, 1.54) is 0 Å². The number of fused-ring (bicyclic) bond motifs is 1. The van der Waals surface area contributed by atoms with E-state index in [9.17, 15) is 4.79 Å². The van der Waals surface area contributed by atoms with Crippen molar-refractivity contribution in [3.8, 4) is 11.5 Å². The fraction of sp³-hybridized carbons (Fsp3) is 0.190. The number of amides is 1. The summed E-state index contributed by atoms with van der Waals surface area (Å²) in [5.74, 6) is 1.33. The smallest absolute Gasteiger partial charge is 0.257 e. The summed E-state index contributed by atoms with van der Waals surface area (Å²) in [6.45, 7) is 0.504. The molecule has 5 heteroatoms. The maximum atomic E-state index is 12.1. The van der Waals surface area contributed by atoms with E-state index in [4.69, 9.17) is 9.47 Å². The number of methoxy groups -OCH3 is 1. The van der Waals surface area contributed by atoms with Gasteiger partial charge in [-0.2, -0.15) is 0 Å². The summed E-state index contributed by atoms with van der Waals surface area (Å²) in [4.78, 5) is 12.1. The third-order valence-electron chi connectivity index (χ3n) is 4.10. The minimum absolute atomic E-state index is 0.0249. The van der Waals surface area contributed by atoms with Gasteiger partial charge in [0.25, 0.3) is 5.91 Å². The van der Waals surface area contributed by atoms with E-state index in [2.05, 4.69) is 21.2 Å². The minimum Gasteiger partial charge on any atom is -0.496 e. The Morgan fingerprint density at radius 1 is 1.00 bits per heavy atom. The molecule has 0 fully saturated rings. The van der Waals surface area contributed by atoms with Crippen LogP contribution in [0.4, 0.5) is 0 Å². The first-order chi connectivity index (χ1) is 12.7. The fourth-order valence-corrected chi connectivity index (χ4v) is 3.37. The van der Waals surface area contributed by atoms with Crippen molar-refractivity contribution >= 4 is 32.6 Å². The molecule has 1 N–H and O–H groups in total. The van der Waals surface area contributed by atoms with Gasteiger partial charge in [-0.3, -0.25) is 4.79 Å². The Labute approximate surface area is 161 Å². The molecule has 0 radical (unpaired) electrons. The van der Waals surface area contributed by atoms with Crippen LogP contribution in [0.1, 0.15) is 5.56 Å². The highest BCUT2D eigenvalue weighted by molar-refractivity contribution is 9.10. The van der Waals surface area contributed by atoms with Crippen LogP contribution >= 0.6 is 15.9 Å². The second-order valence-corrected chi connectivity index (χ2v) is 6.59. The van der Waals surface area contributed by atoms with Crippen molar-refractivity contribution in [3.05, 3.63) is 70.7 Å². The van der Waals surface area contributed by atoms with Crippen LogP contribution in [0.15, 0.2) is 65.1 Å². The molecule has 26 heavy (non-hydrogen) atoms. The van der Waals surface area contributed by atoms with Gasteiger partial charge in [0.15, 0.2) is 6.61 Å². The predicted octanol–water partition coefficient (Wildman–Crippen LogP) is 4.35. The van der Waals surface area contributed by atoms with Crippen LogP contribution in [0.3, 0.4) is 0 Å². The average molecular weight is 414 g/mol. The molecule has 0 aromatic heterocycles. The molecule has 0 aliphatic carbocycles. The number of hydrogen-bond acceptors (Lipinski definition) is 3. The average Bonchev–Trinajstić information content (AvgIpc) is 2.68. The molecule has 0 atom stereocenters. The lowest BCUT2D eigenvalue weighted by atomic mass is 10.1. The van der Waals surface area contributed by atoms with E-state index in [0.717, 1.165) is 26.6 Å². The zero-order chi connectivity index (χ0) is 18.4. The zero-order valence-corrected chi connectivity index (χ0v) is 16.1. The van der Waals surface area contributed by atoms with E-state index >= 15 is 0 Å². The van der Waals surface area contributed by atoms with Crippen molar-refractivity contribution in [1.29, 1.82) is 0 Å². The highest BCUT2D eigenvalue weighted by Crippen LogP contribution is 2.32. The normalized spacial score (nSPS) is 10.5. The van der Waals surface area contributed by atoms with Crippen molar-refractivity contribution in [2.24, 2.45) is 0 Å². The van der Waals surface area contributed by atoms with Crippen molar-refractivity contribution in [3.63, 3.8) is 0 Å². The minimum atomic E-state index is -0.153. The number of carbonyl (C=O) groups excluding carboxylic acids is 1. The second kappa shape index (κ2) is 8.72. The summed E-state index contributed by atoms with van der Waals surface area (Å²) in [7, 11) is 1.65. The van der Waals surface area contributed by atoms with Crippen molar-refractivity contribution in [2.45, 2.75) is 6.42 Å². The number of rotatable bonds is 7. The molecule has 3 aromatic carbocycles. The zero-order valence-electron chi connectivity index (χ0n) is 14.5. The lowest BCUT2D eigenvalue weighted by Gasteiger charge is -2.11. The maximum Gasteiger partial charge on any atom is 0.257 e. The number of halogens is 1. The summed E-state index contributed by atoms with van der Waals surface area (Å²) >= 11 is 3.56. The van der Waals surface area contributed by atoms with Crippen LogP contribution in [0, 0.1) is 0 Å². The van der Waals surface area contributed by atoms with Gasteiger partial charge in [0, 0.05) is 6.54 Å². The Kier molecular flexibility index (Phi) is 6.12. The summed E-state index contributed by atoms with van der Waals surface area (Å²) in [5, 5.41) is 5.05. The topological polar surface area (TPSA) is 47.6 Å². The van der Waals surface area contributed by atoms with Crippen molar-refractivity contribution in [2.75, 3.05) is 20.3 Å². The van der Waals surface area contributed by atoms with Gasteiger partial charge in [0.2, 0.25) is 0 Å². The number of benzene rings is 3. The van der Waals surface area contributed by atoms with E-state index in [-0.39, 0.29) is 12.5 Å². The largest absolute Gasteiger partial charge is 0.496 e. The monoisotopic (exact) mass is 413 g/mol. The summed E-state index contributed by atoms with van der Waals surface area (Å²) in [6, 6.07) is 19.7. The third-order valence-corrected chi connectivity index (χ3v) is 4.91. The highest BCUT2D eigenvalue weighted by Gasteiger charge is 2.09. The second-order valence-electron chi connectivity index (χ2n) is 5.80. The van der Waals surface area contributed by atoms with E-state index in [1.54, 1.807) is 7.11 Å². The van der Waals surface area contributed by atoms with Crippen LogP contribution in [0.25, 0.3) is 10.8 Å². The Morgan fingerprint density at radius 2 is 1.77 bits per heavy atom. The van der Waals surface area contributed by atoms with E-state index in [1.807, 2.05) is 60.7 Å². The molecule has 0 saturated heterocycles. The van der Waals surface area contributed by atoms with Gasteiger partial charge in [0.1, 0.15) is 11.5 Å². The molecule has 134 valence electrons. The molecule has 3 rings (SSSR count). The molecule has 0 heterocycles. The van der Waals surface area contributed by atoms with Gasteiger partial charge in [-0.15, -0.1) is 0 Å². The molecular formula is C21H20BrNO3. The highest BCUT2D eigenvalue weighted by atomic mass is 79.9. The SMILES string of the molecule is COc1ccccc1CCNC(=O)COc1ccc2ccccc2c1Br. The molecule has 0 saturated carbocycles. The lowest BCUT2D eigenvalue weighted by Crippen LogP contribution is -2.30. The number of para-hydroxylation sites is 1. The first-order valence-corrected chi connectivity index (χ1v) is 9.17. The number of carbonyl (C=O) groups is 1. The summed E-state index contributed by atoms with van der Waals surface area (Å²) in [6.07, 6.45) is 0.704. The van der Waals surface area contributed by atoms with Crippen LogP contribution in [0.2, 0.25) is 0 Å². The van der Waals surface area contributed by atoms with Crippen LogP contribution in [-0.4, -0.2) is 26.2 Å². The molecule has 0 unspecified atom stereocenters. The summed E-state index contributed by atoms with van der Waals surface area (Å²) in [5.41, 5.74) is 1.06. The van der Waals surface area contributed by atoms with Crippen molar-refractivity contribution in [1.82, 2.24) is 5.32 Å². The molecule has 0 aliphatic rings. The Hall–Kier alpha value is -2.53. The number of ether oxygens (including phenoxy) is 2. The van der Waals surface area contributed by atoms with Gasteiger partial charge in [-0.05, 0) is 50.8 Å². The Balaban J connectivity index is 1.52. The molecule has 4 nitrogen and oxygen atoms in total. The Morgan fingerprint density at radius 3 is 2.62 bits per heavy atom. The number of hydrogen-bond donors (Lipinski definition) is 1. The lowest BCUT2D eigenvalue weighted by molar-refractivity contribution is -0.123. The van der Waals surface area contributed by atoms with Crippen molar-refractivity contribution < 1.29 is 14.3 Å². The van der Waals surface area contributed by atoms with Gasteiger partial charge in [-0.1, -0.05) is 48.5 Å². The molecule has 1 amide bonds. The molecule has 0 spiro atoms. The third kappa shape index (κ3) is 4.35. The first kappa shape index (κ1) is 18.3. The first-order valence-electron chi connectivity index (χ1n) is 8.37. The van der Waals surface area contributed by atoms with Gasteiger partial charge >= 0.3 is 0 Å². The van der Waals surface area contributed by atoms with E-state index in [0.29, 0.717) is 18.7 Å². The fourth-order valence-electron chi connectivity index (χ4n) is 2.77. The maximum absolute atomic E-state index is 12.1. The van der Waals surface area contributed by atoms with Crippen LogP contribution in [0.5, 0.6) is 11.5 Å². The van der Waals surface area contributed by atoms with Gasteiger partial charge < -0.3 is 14.8 Å². The van der Waals surface area contributed by atoms with Crippen LogP contribution in [-0.2, 0) is 11.2 Å². The van der Waals surface area contributed by atoms with Gasteiger partial charge in [-0.25, -0.2) is 0 Å². The molecule has 3 aromatic rings. The molecular weight excluding hydrogens is 394 g/mol. The van der Waals surface area contributed by atoms with Gasteiger partial charge in [0.05, 0.1) is 11.6 Å². The standard InChI is InChI=1S/C21H20BrNO3/c1-25-18-9-5-3-7-16(18)12-13-23-20(24)14-26-19-11-10-15-6-2-4-8-17(15)21(19)22/h2-11H,12-14H2,1H3,(H,23,24). The van der Waals surface area contributed by atoms with E-state index < -0.39 is 0 Å².